The number of hydrogen-bond acceptors (Lipinski definition) is 6. The van der Waals surface area contributed by atoms with Gasteiger partial charge in [-0.1, -0.05) is 299 Å². The Bertz CT molecular complexity index is 1400. The molecule has 0 amide bonds. The second-order valence-electron chi connectivity index (χ2n) is 22.0. The van der Waals surface area contributed by atoms with Gasteiger partial charge in [-0.2, -0.15) is 0 Å². The van der Waals surface area contributed by atoms with Crippen LogP contribution in [0.25, 0.3) is 0 Å². The maximum atomic E-state index is 12.9. The molecule has 0 rings (SSSR count). The predicted molar refractivity (Wildman–Crippen MR) is 330 cm³/mol. The quantitative estimate of drug-likeness (QED) is 0.0261. The highest BCUT2D eigenvalue weighted by Crippen LogP contribution is 2.17. The van der Waals surface area contributed by atoms with Crippen molar-refractivity contribution in [2.75, 3.05) is 13.2 Å². The van der Waals surface area contributed by atoms with Gasteiger partial charge in [-0.3, -0.25) is 14.4 Å². The second kappa shape index (κ2) is 64.4. The van der Waals surface area contributed by atoms with Gasteiger partial charge in [0.05, 0.1) is 0 Å². The third-order valence-electron chi connectivity index (χ3n) is 14.4. The fourth-order valence-electron chi connectivity index (χ4n) is 9.53. The van der Waals surface area contributed by atoms with Crippen molar-refractivity contribution < 1.29 is 28.6 Å². The first-order valence-corrected chi connectivity index (χ1v) is 32.9. The highest BCUT2D eigenvalue weighted by atomic mass is 16.6. The standard InChI is InChI=1S/C70H124O6/c1-4-7-10-13-16-19-22-25-28-30-31-32-33-34-35-36-37-38-39-40-43-45-48-51-54-57-60-63-69(72)75-66-67(65-74-68(71)62-59-56-53-50-47-44-41-27-24-21-18-15-12-9-6-3)76-70(73)64-61-58-55-52-49-46-42-29-26-23-20-17-14-11-8-5-2/h7,10,16,19,25,28-29,31-32,34-35,42,67H,4-6,8-9,11-15,17-18,20-24,26-27,30,33,36-41,43-66H2,1-3H3/b10-7-,19-16-,28-25-,32-31-,35-34-,42-29-. The minimum absolute atomic E-state index is 0.0752. The summed E-state index contributed by atoms with van der Waals surface area (Å²) in [6, 6.07) is 0. The lowest BCUT2D eigenvalue weighted by Gasteiger charge is -2.18. The Morgan fingerprint density at radius 1 is 0.276 bits per heavy atom. The Morgan fingerprint density at radius 3 is 0.816 bits per heavy atom. The summed E-state index contributed by atoms with van der Waals surface area (Å²) in [4.78, 5) is 38.3. The van der Waals surface area contributed by atoms with Crippen molar-refractivity contribution >= 4 is 17.9 Å². The van der Waals surface area contributed by atoms with E-state index in [0.29, 0.717) is 19.3 Å². The fourth-order valence-corrected chi connectivity index (χ4v) is 9.53. The number of rotatable bonds is 60. The summed E-state index contributed by atoms with van der Waals surface area (Å²) in [5.74, 6) is -0.869. The van der Waals surface area contributed by atoms with E-state index >= 15 is 0 Å². The smallest absolute Gasteiger partial charge is 0.306 e. The second-order valence-corrected chi connectivity index (χ2v) is 22.0. The van der Waals surface area contributed by atoms with Gasteiger partial charge in [0.25, 0.3) is 0 Å². The summed E-state index contributed by atoms with van der Waals surface area (Å²) >= 11 is 0. The Hall–Kier alpha value is -3.15. The Balaban J connectivity index is 4.29. The molecule has 0 aromatic heterocycles. The molecule has 0 radical (unpaired) electrons. The van der Waals surface area contributed by atoms with E-state index in [1.807, 2.05) is 0 Å². The molecular formula is C70H124O6. The van der Waals surface area contributed by atoms with E-state index in [0.717, 1.165) is 96.3 Å². The van der Waals surface area contributed by atoms with E-state index in [9.17, 15) is 14.4 Å². The van der Waals surface area contributed by atoms with E-state index in [1.165, 1.54) is 199 Å². The zero-order valence-electron chi connectivity index (χ0n) is 50.5. The van der Waals surface area contributed by atoms with Gasteiger partial charge in [-0.05, 0) is 89.9 Å². The lowest BCUT2D eigenvalue weighted by atomic mass is 10.0. The minimum Gasteiger partial charge on any atom is -0.462 e. The molecule has 0 fully saturated rings. The average Bonchev–Trinajstić information content (AvgIpc) is 3.42. The van der Waals surface area contributed by atoms with Crippen LogP contribution >= 0.6 is 0 Å². The number of unbranched alkanes of at least 4 members (excludes halogenated alkanes) is 37. The molecular weight excluding hydrogens is 937 g/mol. The summed E-state index contributed by atoms with van der Waals surface area (Å²) in [6.07, 6.45) is 83.4. The normalized spacial score (nSPS) is 12.5. The van der Waals surface area contributed by atoms with Crippen LogP contribution in [0.2, 0.25) is 0 Å². The maximum Gasteiger partial charge on any atom is 0.306 e. The Kier molecular flexibility index (Phi) is 61.7. The Labute approximate surface area is 472 Å². The monoisotopic (exact) mass is 1060 g/mol. The highest BCUT2D eigenvalue weighted by Gasteiger charge is 2.19. The van der Waals surface area contributed by atoms with Crippen molar-refractivity contribution in [3.63, 3.8) is 0 Å². The molecule has 1 atom stereocenters. The van der Waals surface area contributed by atoms with Crippen LogP contribution in [0.1, 0.15) is 335 Å². The summed E-state index contributed by atoms with van der Waals surface area (Å²) in [5.41, 5.74) is 0. The number of carbonyl (C=O) groups is 3. The van der Waals surface area contributed by atoms with Gasteiger partial charge in [-0.15, -0.1) is 0 Å². The largest absolute Gasteiger partial charge is 0.462 e. The first-order chi connectivity index (χ1) is 37.5. The van der Waals surface area contributed by atoms with Crippen LogP contribution in [-0.4, -0.2) is 37.2 Å². The summed E-state index contributed by atoms with van der Waals surface area (Å²) < 4.78 is 16.9. The molecule has 0 N–H and O–H groups in total. The summed E-state index contributed by atoms with van der Waals surface area (Å²) in [6.45, 7) is 6.56. The molecule has 6 heteroatoms. The maximum absolute atomic E-state index is 12.9. The first kappa shape index (κ1) is 72.8. The van der Waals surface area contributed by atoms with Gasteiger partial charge in [0.15, 0.2) is 6.10 Å². The molecule has 1 unspecified atom stereocenters. The van der Waals surface area contributed by atoms with E-state index in [-0.39, 0.29) is 31.1 Å². The molecule has 0 heterocycles. The van der Waals surface area contributed by atoms with Crippen molar-refractivity contribution in [1.82, 2.24) is 0 Å². The lowest BCUT2D eigenvalue weighted by Crippen LogP contribution is -2.30. The van der Waals surface area contributed by atoms with Gasteiger partial charge in [-0.25, -0.2) is 0 Å². The van der Waals surface area contributed by atoms with E-state index in [1.54, 1.807) is 0 Å². The van der Waals surface area contributed by atoms with Crippen LogP contribution in [0.4, 0.5) is 0 Å². The molecule has 0 aromatic carbocycles. The molecule has 0 saturated carbocycles. The van der Waals surface area contributed by atoms with Crippen molar-refractivity contribution in [3.8, 4) is 0 Å². The van der Waals surface area contributed by atoms with Crippen LogP contribution in [0, 0.1) is 0 Å². The molecule has 0 saturated heterocycles. The summed E-state index contributed by atoms with van der Waals surface area (Å²) in [5, 5.41) is 0. The van der Waals surface area contributed by atoms with Crippen LogP contribution < -0.4 is 0 Å². The molecule has 76 heavy (non-hydrogen) atoms. The van der Waals surface area contributed by atoms with Crippen LogP contribution in [0.3, 0.4) is 0 Å². The van der Waals surface area contributed by atoms with E-state index in [2.05, 4.69) is 93.7 Å². The van der Waals surface area contributed by atoms with Gasteiger partial charge < -0.3 is 14.2 Å². The Morgan fingerprint density at radius 2 is 0.513 bits per heavy atom. The van der Waals surface area contributed by atoms with E-state index < -0.39 is 6.10 Å². The van der Waals surface area contributed by atoms with Gasteiger partial charge in [0.2, 0.25) is 0 Å². The molecule has 0 aliphatic carbocycles. The van der Waals surface area contributed by atoms with Crippen LogP contribution in [-0.2, 0) is 28.6 Å². The predicted octanol–water partition coefficient (Wildman–Crippen LogP) is 22.5. The summed E-state index contributed by atoms with van der Waals surface area (Å²) in [7, 11) is 0. The first-order valence-electron chi connectivity index (χ1n) is 32.9. The lowest BCUT2D eigenvalue weighted by molar-refractivity contribution is -0.167. The van der Waals surface area contributed by atoms with Crippen LogP contribution in [0.5, 0.6) is 0 Å². The number of hydrogen-bond donors (Lipinski definition) is 0. The average molecular weight is 1060 g/mol. The molecule has 440 valence electrons. The number of ether oxygens (including phenoxy) is 3. The van der Waals surface area contributed by atoms with Gasteiger partial charge in [0.1, 0.15) is 13.2 Å². The third kappa shape index (κ3) is 61.7. The molecule has 0 aromatic rings. The molecule has 0 aliphatic rings. The van der Waals surface area contributed by atoms with Gasteiger partial charge in [0, 0.05) is 19.3 Å². The highest BCUT2D eigenvalue weighted by molar-refractivity contribution is 5.71. The van der Waals surface area contributed by atoms with Crippen molar-refractivity contribution in [1.29, 1.82) is 0 Å². The van der Waals surface area contributed by atoms with Crippen molar-refractivity contribution in [2.24, 2.45) is 0 Å². The zero-order chi connectivity index (χ0) is 55.0. The zero-order valence-corrected chi connectivity index (χ0v) is 50.5. The minimum atomic E-state index is -0.779. The van der Waals surface area contributed by atoms with Gasteiger partial charge >= 0.3 is 17.9 Å². The van der Waals surface area contributed by atoms with Crippen LogP contribution in [0.15, 0.2) is 72.9 Å². The fraction of sp³-hybridized carbons (Fsp3) is 0.786. The number of esters is 3. The SMILES string of the molecule is CC/C=C\C/C=C\C/C=C\C/C=C\C/C=C\CCCCCCCCCCCCCC(=O)OCC(COC(=O)CCCCCCCCCCCCCCCCC)OC(=O)CCCCCCC/C=C\CCCCCCCCC. The number of carbonyl (C=O) groups excluding carboxylic acids is 3. The molecule has 0 bridgehead atoms. The third-order valence-corrected chi connectivity index (χ3v) is 14.4. The molecule has 0 aliphatic heterocycles. The topological polar surface area (TPSA) is 78.9 Å². The molecule has 0 spiro atoms. The molecule has 6 nitrogen and oxygen atoms in total. The van der Waals surface area contributed by atoms with Crippen molar-refractivity contribution in [3.05, 3.63) is 72.9 Å². The van der Waals surface area contributed by atoms with Crippen molar-refractivity contribution in [2.45, 2.75) is 341 Å². The van der Waals surface area contributed by atoms with E-state index in [4.69, 9.17) is 14.2 Å². The number of allylic oxidation sites excluding steroid dienone is 12.